The second-order valence-corrected chi connectivity index (χ2v) is 15.3. The van der Waals surface area contributed by atoms with Crippen molar-refractivity contribution >= 4 is 50.1 Å². The van der Waals surface area contributed by atoms with E-state index in [0.717, 1.165) is 91.4 Å². The summed E-state index contributed by atoms with van der Waals surface area (Å²) in [5, 5.41) is 6.63. The van der Waals surface area contributed by atoms with Gasteiger partial charge in [-0.1, -0.05) is 28.8 Å². The summed E-state index contributed by atoms with van der Waals surface area (Å²) in [7, 11) is 0. The number of carbonyl (C=O) groups is 1. The Bertz CT molecular complexity index is 1910. The normalized spacial score (nSPS) is 17.3. The molecule has 2 aliphatic heterocycles. The molecular weight excluding hydrogens is 712 g/mol. The highest BCUT2D eigenvalue weighted by atomic mass is 79.9. The van der Waals surface area contributed by atoms with Gasteiger partial charge in [0.25, 0.3) is 0 Å². The summed E-state index contributed by atoms with van der Waals surface area (Å²) in [5.41, 5.74) is 6.26. The molecule has 6 rings (SSSR count). The zero-order chi connectivity index (χ0) is 36.1. The van der Waals surface area contributed by atoms with Crippen LogP contribution in [0.25, 0.3) is 11.0 Å². The van der Waals surface area contributed by atoms with Crippen molar-refractivity contribution in [1.29, 1.82) is 0 Å². The second-order valence-electron chi connectivity index (χ2n) is 14.4. The molecule has 2 aliphatic rings. The maximum absolute atomic E-state index is 12.7. The number of unbranched alkanes of at least 4 members (excludes halogenated alkanes) is 3. The highest BCUT2D eigenvalue weighted by Gasteiger charge is 2.33. The predicted octanol–water partition coefficient (Wildman–Crippen LogP) is 7.79. The van der Waals surface area contributed by atoms with Gasteiger partial charge in [-0.2, -0.15) is 0 Å². The van der Waals surface area contributed by atoms with Crippen molar-refractivity contribution in [1.82, 2.24) is 14.9 Å². The van der Waals surface area contributed by atoms with Crippen molar-refractivity contribution in [3.8, 4) is 5.75 Å². The van der Waals surface area contributed by atoms with Gasteiger partial charge in [0, 0.05) is 52.9 Å². The molecule has 0 aliphatic carbocycles. The number of aromatic nitrogens is 2. The number of rotatable bonds is 12. The number of amides is 2. The summed E-state index contributed by atoms with van der Waals surface area (Å²) in [6, 6.07) is 9.22. The number of urea groups is 1. The Morgan fingerprint density at radius 3 is 2.59 bits per heavy atom. The van der Waals surface area contributed by atoms with Crippen molar-refractivity contribution < 1.29 is 18.7 Å². The summed E-state index contributed by atoms with van der Waals surface area (Å²) < 4.78 is 18.8. The monoisotopic (exact) mass is 760 g/mol. The van der Waals surface area contributed by atoms with E-state index < -0.39 is 6.03 Å². The minimum Gasteiger partial charge on any atom is -0.489 e. The van der Waals surface area contributed by atoms with Gasteiger partial charge < -0.3 is 24.1 Å². The first-order valence-corrected chi connectivity index (χ1v) is 18.7. The van der Waals surface area contributed by atoms with E-state index in [9.17, 15) is 9.59 Å². The number of nitrogens with zero attached hydrogens (tertiary/aromatic N) is 4. The summed E-state index contributed by atoms with van der Waals surface area (Å²) in [5.74, 6) is 0.939. The molecule has 2 aromatic heterocycles. The molecular formula is C39H49BrN6O5. The highest BCUT2D eigenvalue weighted by Crippen LogP contribution is 2.39. The van der Waals surface area contributed by atoms with E-state index in [4.69, 9.17) is 13.9 Å². The number of morpholine rings is 1. The lowest BCUT2D eigenvalue weighted by atomic mass is 9.85. The van der Waals surface area contributed by atoms with Gasteiger partial charge in [0.2, 0.25) is 0 Å². The molecule has 2 amide bonds. The van der Waals surface area contributed by atoms with E-state index in [2.05, 4.69) is 72.3 Å². The van der Waals surface area contributed by atoms with Crippen molar-refractivity contribution in [2.24, 2.45) is 0 Å². The molecule has 0 spiro atoms. The number of carbonyl (C=O) groups excluding carboxylic acids is 1. The zero-order valence-electron chi connectivity index (χ0n) is 30.3. The van der Waals surface area contributed by atoms with Gasteiger partial charge in [-0.05, 0) is 102 Å². The van der Waals surface area contributed by atoms with Crippen LogP contribution in [0.4, 0.5) is 22.0 Å². The molecule has 272 valence electrons. The number of nitrogens with one attached hydrogen (secondary N) is 2. The van der Waals surface area contributed by atoms with Crippen LogP contribution in [0, 0.1) is 20.8 Å². The predicted molar refractivity (Wildman–Crippen MR) is 205 cm³/mol. The number of hydrogen-bond donors (Lipinski definition) is 2. The van der Waals surface area contributed by atoms with E-state index in [1.165, 1.54) is 17.4 Å². The van der Waals surface area contributed by atoms with Crippen molar-refractivity contribution in [2.45, 2.75) is 84.8 Å². The molecule has 1 atom stereocenters. The van der Waals surface area contributed by atoms with Crippen LogP contribution in [-0.4, -0.2) is 71.9 Å². The Morgan fingerprint density at radius 2 is 1.80 bits per heavy atom. The van der Waals surface area contributed by atoms with Crippen LogP contribution in [0.2, 0.25) is 0 Å². The zero-order valence-corrected chi connectivity index (χ0v) is 31.9. The Kier molecular flexibility index (Phi) is 11.6. The fraction of sp³-hybridized carbons (Fsp3) is 0.487. The molecule has 1 saturated heterocycles. The smallest absolute Gasteiger partial charge is 0.336 e. The molecule has 2 aromatic carbocycles. The topological polar surface area (TPSA) is 122 Å². The Hall–Kier alpha value is -4.00. The molecule has 11 nitrogen and oxygen atoms in total. The van der Waals surface area contributed by atoms with Gasteiger partial charge >= 0.3 is 11.7 Å². The number of fused-ring (bicyclic) bond motifs is 2. The van der Waals surface area contributed by atoms with Crippen LogP contribution in [-0.2, 0) is 11.2 Å². The molecule has 1 fully saturated rings. The third kappa shape index (κ3) is 9.27. The molecule has 4 heterocycles. The maximum atomic E-state index is 12.7. The first-order chi connectivity index (χ1) is 24.4. The number of ether oxygens (including phenoxy) is 2. The van der Waals surface area contributed by atoms with Gasteiger partial charge in [-0.3, -0.25) is 15.2 Å². The van der Waals surface area contributed by atoms with Gasteiger partial charge in [0.05, 0.1) is 30.4 Å². The number of aryl methyl sites for hydroxylation is 4. The Labute approximate surface area is 308 Å². The molecule has 0 bridgehead atoms. The lowest BCUT2D eigenvalue weighted by molar-refractivity contribution is -0.0481. The number of anilines is 3. The third-order valence-corrected chi connectivity index (χ3v) is 10.8. The Morgan fingerprint density at radius 1 is 1.00 bits per heavy atom. The fourth-order valence-electron chi connectivity index (χ4n) is 7.00. The van der Waals surface area contributed by atoms with E-state index in [1.807, 2.05) is 32.9 Å². The van der Waals surface area contributed by atoms with Crippen LogP contribution in [0.15, 0.2) is 56.4 Å². The third-order valence-electron chi connectivity index (χ3n) is 9.96. The molecule has 0 saturated carbocycles. The van der Waals surface area contributed by atoms with Crippen molar-refractivity contribution in [2.75, 3.05) is 54.9 Å². The highest BCUT2D eigenvalue weighted by molar-refractivity contribution is 9.10. The fourth-order valence-corrected chi connectivity index (χ4v) is 7.34. The second kappa shape index (κ2) is 16.1. The van der Waals surface area contributed by atoms with Crippen LogP contribution in [0.3, 0.4) is 0 Å². The largest absolute Gasteiger partial charge is 0.489 e. The van der Waals surface area contributed by atoms with Gasteiger partial charge in [-0.25, -0.2) is 14.6 Å². The molecule has 51 heavy (non-hydrogen) atoms. The standard InChI is InChI=1S/C39H49BrN6O5/c1-25-17-37(47)51-34-20-33-28(18-30(25)34)10-11-39(4,5)46(33)13-9-7-6-8-12-45-14-15-49-29(23-45)24-50-35-16-26(2)31(40)19-32(35)43-38(48)44-36-22-41-27(3)21-42-36/h16-22,29H,6-15,23-24H2,1-5H3,(H2,42,43,44,48)/t29-/m0/s1. The summed E-state index contributed by atoms with van der Waals surface area (Å²) in [4.78, 5) is 38.2. The Balaban J connectivity index is 0.962. The molecule has 12 heteroatoms. The van der Waals surface area contributed by atoms with E-state index in [-0.39, 0.29) is 17.3 Å². The van der Waals surface area contributed by atoms with Crippen LogP contribution < -0.4 is 25.9 Å². The SMILES string of the molecule is Cc1cnc(NC(=O)Nc2cc(Br)c(C)cc2OC[C@@H]2CN(CCCCCCN3c4cc5oc(=O)cc(C)c5cc4CCC3(C)C)CCO2)cn1. The minimum atomic E-state index is -0.433. The van der Waals surface area contributed by atoms with E-state index in [1.54, 1.807) is 12.3 Å². The number of benzene rings is 2. The average molecular weight is 762 g/mol. The lowest BCUT2D eigenvalue weighted by Gasteiger charge is -2.45. The molecule has 2 N–H and O–H groups in total. The van der Waals surface area contributed by atoms with Crippen LogP contribution >= 0.6 is 15.9 Å². The van der Waals surface area contributed by atoms with Crippen molar-refractivity contribution in [3.63, 3.8) is 0 Å². The lowest BCUT2D eigenvalue weighted by Crippen LogP contribution is -2.48. The van der Waals surface area contributed by atoms with Gasteiger partial charge in [-0.15, -0.1) is 0 Å². The van der Waals surface area contributed by atoms with Gasteiger partial charge in [0.15, 0.2) is 5.82 Å². The van der Waals surface area contributed by atoms with Crippen molar-refractivity contribution in [3.05, 3.63) is 80.0 Å². The summed E-state index contributed by atoms with van der Waals surface area (Å²) in [6.07, 6.45) is 9.73. The van der Waals surface area contributed by atoms with E-state index in [0.29, 0.717) is 36.1 Å². The summed E-state index contributed by atoms with van der Waals surface area (Å²) in [6.45, 7) is 15.2. The first kappa shape index (κ1) is 36.8. The first-order valence-electron chi connectivity index (χ1n) is 17.9. The van der Waals surface area contributed by atoms with E-state index >= 15 is 0 Å². The van der Waals surface area contributed by atoms with Gasteiger partial charge in [0.1, 0.15) is 24.0 Å². The quantitative estimate of drug-likeness (QED) is 0.110. The maximum Gasteiger partial charge on any atom is 0.336 e. The average Bonchev–Trinajstić information content (AvgIpc) is 3.08. The summed E-state index contributed by atoms with van der Waals surface area (Å²) >= 11 is 3.57. The molecule has 4 aromatic rings. The molecule has 0 unspecified atom stereocenters. The van der Waals surface area contributed by atoms with Crippen LogP contribution in [0.5, 0.6) is 5.75 Å². The van der Waals surface area contributed by atoms with Crippen LogP contribution in [0.1, 0.15) is 68.3 Å². The minimum absolute atomic E-state index is 0.0461. The number of halogens is 1. The molecule has 0 radical (unpaired) electrons. The number of hydrogen-bond acceptors (Lipinski definition) is 9.